The Hall–Kier alpha value is -2.30. The van der Waals surface area contributed by atoms with Gasteiger partial charge in [-0.1, -0.05) is 0 Å². The van der Waals surface area contributed by atoms with Gasteiger partial charge in [-0.3, -0.25) is 5.01 Å². The zero-order valence-corrected chi connectivity index (χ0v) is 10.0. The van der Waals surface area contributed by atoms with Crippen LogP contribution in [0.25, 0.3) is 0 Å². The number of rotatable bonds is 3. The van der Waals surface area contributed by atoms with Gasteiger partial charge in [0.1, 0.15) is 17.3 Å². The molecule has 0 aromatic heterocycles. The number of nitrogens with zero attached hydrogens (tertiary/aromatic N) is 2. The summed E-state index contributed by atoms with van der Waals surface area (Å²) >= 11 is 0. The minimum absolute atomic E-state index is 0.110. The van der Waals surface area contributed by atoms with Crippen molar-refractivity contribution in [1.29, 1.82) is 0 Å². The molecule has 0 bridgehead atoms. The maximum Gasteiger partial charge on any atom is 0.149 e. The van der Waals surface area contributed by atoms with Crippen molar-refractivity contribution in [2.24, 2.45) is 5.10 Å². The van der Waals surface area contributed by atoms with Crippen molar-refractivity contribution in [2.45, 2.75) is 6.92 Å². The van der Waals surface area contributed by atoms with Gasteiger partial charge >= 0.3 is 0 Å². The lowest BCUT2D eigenvalue weighted by Crippen LogP contribution is -2.14. The molecule has 1 heterocycles. The number of halogens is 1. The van der Waals surface area contributed by atoms with Crippen LogP contribution in [-0.2, 0) is 0 Å². The van der Waals surface area contributed by atoms with E-state index in [2.05, 4.69) is 5.10 Å². The Bertz CT molecular complexity index is 523. The average molecular weight is 247 g/mol. The van der Waals surface area contributed by atoms with Crippen LogP contribution < -0.4 is 10.5 Å². The van der Waals surface area contributed by atoms with Crippen LogP contribution >= 0.6 is 0 Å². The van der Waals surface area contributed by atoms with E-state index >= 15 is 0 Å². The third kappa shape index (κ3) is 2.88. The van der Waals surface area contributed by atoms with Crippen LogP contribution in [-0.4, -0.2) is 17.8 Å². The minimum atomic E-state index is -0.481. The third-order valence-electron chi connectivity index (χ3n) is 2.36. The van der Waals surface area contributed by atoms with Crippen molar-refractivity contribution in [2.75, 3.05) is 12.3 Å². The Morgan fingerprint density at radius 1 is 1.50 bits per heavy atom. The molecule has 0 saturated heterocycles. The first-order valence-corrected chi connectivity index (χ1v) is 5.55. The first-order chi connectivity index (χ1) is 8.69. The van der Waals surface area contributed by atoms with Gasteiger partial charge in [0.15, 0.2) is 0 Å². The summed E-state index contributed by atoms with van der Waals surface area (Å²) in [6.45, 7) is 2.47. The van der Waals surface area contributed by atoms with E-state index in [1.807, 2.05) is 13.0 Å². The van der Waals surface area contributed by atoms with Gasteiger partial charge in [0.25, 0.3) is 0 Å². The van der Waals surface area contributed by atoms with E-state index in [1.54, 1.807) is 29.6 Å². The van der Waals surface area contributed by atoms with Gasteiger partial charge in [0.2, 0.25) is 0 Å². The number of nitrogen functional groups attached to an aromatic ring is 1. The van der Waals surface area contributed by atoms with E-state index in [4.69, 9.17) is 10.5 Å². The zero-order valence-electron chi connectivity index (χ0n) is 10.0. The molecule has 0 fully saturated rings. The molecule has 2 N–H and O–H groups in total. The lowest BCUT2D eigenvalue weighted by atomic mass is 10.3. The molecule has 1 aliphatic rings. The summed E-state index contributed by atoms with van der Waals surface area (Å²) in [5.74, 6) is 0.594. The molecular weight excluding hydrogens is 233 g/mol. The van der Waals surface area contributed by atoms with Crippen molar-refractivity contribution in [3.8, 4) is 5.75 Å². The smallest absolute Gasteiger partial charge is 0.149 e. The molecule has 0 spiro atoms. The Morgan fingerprint density at radius 3 is 2.94 bits per heavy atom. The minimum Gasteiger partial charge on any atom is -0.457 e. The van der Waals surface area contributed by atoms with E-state index in [1.165, 1.54) is 12.1 Å². The second-order valence-electron chi connectivity index (χ2n) is 3.70. The molecular formula is C13H14FN3O. The lowest BCUT2D eigenvalue weighted by molar-refractivity contribution is 0.393. The zero-order chi connectivity index (χ0) is 13.0. The Morgan fingerprint density at radius 2 is 2.33 bits per heavy atom. The van der Waals surface area contributed by atoms with Crippen molar-refractivity contribution < 1.29 is 9.13 Å². The van der Waals surface area contributed by atoms with Gasteiger partial charge in [-0.2, -0.15) is 5.10 Å². The summed E-state index contributed by atoms with van der Waals surface area (Å²) in [4.78, 5) is 0. The average Bonchev–Trinajstić information content (AvgIpc) is 2.37. The van der Waals surface area contributed by atoms with E-state index in [-0.39, 0.29) is 5.69 Å². The Labute approximate surface area is 105 Å². The number of benzene rings is 1. The molecule has 0 radical (unpaired) electrons. The summed E-state index contributed by atoms with van der Waals surface area (Å²) < 4.78 is 18.7. The number of hydrogen-bond acceptors (Lipinski definition) is 4. The highest BCUT2D eigenvalue weighted by Crippen LogP contribution is 2.21. The van der Waals surface area contributed by atoms with Crippen molar-refractivity contribution in [1.82, 2.24) is 5.01 Å². The number of hydrazone groups is 1. The molecule has 5 heteroatoms. The first kappa shape index (κ1) is 12.2. The fourth-order valence-corrected chi connectivity index (χ4v) is 1.49. The fourth-order valence-electron chi connectivity index (χ4n) is 1.49. The van der Waals surface area contributed by atoms with E-state index in [0.717, 1.165) is 0 Å². The second-order valence-corrected chi connectivity index (χ2v) is 3.70. The molecule has 4 nitrogen and oxygen atoms in total. The molecule has 0 saturated carbocycles. The normalized spacial score (nSPS) is 15.0. The molecule has 0 atom stereocenters. The van der Waals surface area contributed by atoms with Crippen LogP contribution in [0.2, 0.25) is 0 Å². The molecule has 1 aromatic carbocycles. The quantitative estimate of drug-likeness (QED) is 0.659. The van der Waals surface area contributed by atoms with Gasteiger partial charge in [-0.15, -0.1) is 0 Å². The van der Waals surface area contributed by atoms with Crippen molar-refractivity contribution in [3.63, 3.8) is 0 Å². The Balaban J connectivity index is 2.03. The molecule has 0 amide bonds. The number of hydrogen-bond donors (Lipinski definition) is 1. The van der Waals surface area contributed by atoms with Gasteiger partial charge in [-0.05, 0) is 31.2 Å². The predicted molar refractivity (Wildman–Crippen MR) is 69.5 cm³/mol. The molecule has 0 unspecified atom stereocenters. The van der Waals surface area contributed by atoms with Gasteiger partial charge < -0.3 is 10.5 Å². The monoisotopic (exact) mass is 247 g/mol. The van der Waals surface area contributed by atoms with Crippen molar-refractivity contribution in [3.05, 3.63) is 48.1 Å². The van der Waals surface area contributed by atoms with E-state index in [0.29, 0.717) is 18.1 Å². The topological polar surface area (TPSA) is 50.8 Å². The van der Waals surface area contributed by atoms with Gasteiger partial charge in [-0.25, -0.2) is 4.39 Å². The standard InChI is InChI=1S/C13H14FN3O/c1-2-16-17-7-5-10(6-8-17)18-11-3-4-13(15)12(14)9-11/h2-7,9H,8,15H2,1H3/b16-2-. The molecule has 94 valence electrons. The maximum absolute atomic E-state index is 13.2. The SMILES string of the molecule is C/C=N\N1C=CC(Oc2ccc(N)c(F)c2)=CC1. The van der Waals surface area contributed by atoms with Crippen LogP contribution in [0.4, 0.5) is 10.1 Å². The summed E-state index contributed by atoms with van der Waals surface area (Å²) in [5, 5.41) is 5.86. The van der Waals surface area contributed by atoms with E-state index in [9.17, 15) is 4.39 Å². The summed E-state index contributed by atoms with van der Waals surface area (Å²) in [5.41, 5.74) is 5.50. The molecule has 18 heavy (non-hydrogen) atoms. The number of ether oxygens (including phenoxy) is 1. The Kier molecular flexibility index (Phi) is 3.62. The fraction of sp³-hybridized carbons (Fsp3) is 0.154. The van der Waals surface area contributed by atoms with Crippen LogP contribution in [0, 0.1) is 5.82 Å². The van der Waals surface area contributed by atoms with Crippen LogP contribution in [0.1, 0.15) is 6.92 Å². The van der Waals surface area contributed by atoms with Crippen molar-refractivity contribution >= 4 is 11.9 Å². The lowest BCUT2D eigenvalue weighted by Gasteiger charge is -2.17. The molecule has 1 aromatic rings. The summed E-state index contributed by atoms with van der Waals surface area (Å²) in [7, 11) is 0. The van der Waals surface area contributed by atoms with Crippen LogP contribution in [0.15, 0.2) is 47.4 Å². The molecule has 1 aliphatic heterocycles. The summed E-state index contributed by atoms with van der Waals surface area (Å²) in [6, 6.07) is 4.37. The van der Waals surface area contributed by atoms with Crippen LogP contribution in [0.5, 0.6) is 5.75 Å². The number of anilines is 1. The highest BCUT2D eigenvalue weighted by atomic mass is 19.1. The number of nitrogens with two attached hydrogens (primary N) is 1. The van der Waals surface area contributed by atoms with Gasteiger partial charge in [0.05, 0.1) is 12.2 Å². The molecule has 2 rings (SSSR count). The predicted octanol–water partition coefficient (Wildman–Crippen LogP) is 2.51. The van der Waals surface area contributed by atoms with Crippen LogP contribution in [0.3, 0.4) is 0 Å². The largest absolute Gasteiger partial charge is 0.457 e. The van der Waals surface area contributed by atoms with E-state index < -0.39 is 5.82 Å². The highest BCUT2D eigenvalue weighted by molar-refractivity contribution is 5.53. The second kappa shape index (κ2) is 5.35. The number of allylic oxidation sites excluding steroid dienone is 1. The summed E-state index contributed by atoms with van der Waals surface area (Å²) in [6.07, 6.45) is 7.13. The molecule has 0 aliphatic carbocycles. The maximum atomic E-state index is 13.2. The first-order valence-electron chi connectivity index (χ1n) is 5.55. The third-order valence-corrected chi connectivity index (χ3v) is 2.36. The van der Waals surface area contributed by atoms with Gasteiger partial charge in [0, 0.05) is 18.5 Å². The highest BCUT2D eigenvalue weighted by Gasteiger charge is 2.06.